The topological polar surface area (TPSA) is 132 Å². The van der Waals surface area contributed by atoms with Crippen molar-refractivity contribution in [1.29, 1.82) is 0 Å². The third-order valence-electron chi connectivity index (χ3n) is 6.56. The third kappa shape index (κ3) is 4.85. The molecule has 1 unspecified atom stereocenters. The summed E-state index contributed by atoms with van der Waals surface area (Å²) in [6, 6.07) is 18.5. The normalized spacial score (nSPS) is 12.1. The molecular weight excluding hydrogens is 537 g/mol. The first-order chi connectivity index (χ1) is 19.4. The number of aromatic carboxylic acids is 1. The lowest BCUT2D eigenvalue weighted by atomic mass is 10.0. The second-order valence-corrected chi connectivity index (χ2v) is 9.52. The van der Waals surface area contributed by atoms with E-state index in [0.717, 1.165) is 5.56 Å². The highest BCUT2D eigenvalue weighted by Crippen LogP contribution is 2.30. The fraction of sp³-hybridized carbons (Fsp3) is 0.0714. The van der Waals surface area contributed by atoms with Crippen molar-refractivity contribution >= 4 is 28.6 Å². The standard InChI is InChI=1S/C28H19ClFN7O3/c29-19-4-8-24(37-15-31-34-35-37)21(14-19)17-9-10-36(26(38)13-17)25(11-16-1-5-20(30)6-2-16)27-32-22-7-3-18(28(39)40)12-23(22)33-27/h1-10,12-15,25H,11H2,(H,32,33)(H,39,40). The van der Waals surface area contributed by atoms with Crippen LogP contribution in [0.15, 0.2) is 90.1 Å². The minimum atomic E-state index is -1.07. The number of carboxylic acid groups (broad SMARTS) is 1. The van der Waals surface area contributed by atoms with E-state index in [4.69, 9.17) is 11.6 Å². The first-order valence-corrected chi connectivity index (χ1v) is 12.5. The Labute approximate surface area is 230 Å². The van der Waals surface area contributed by atoms with Crippen molar-refractivity contribution in [2.24, 2.45) is 0 Å². The molecule has 0 saturated carbocycles. The van der Waals surface area contributed by atoms with Crippen LogP contribution in [0.4, 0.5) is 4.39 Å². The van der Waals surface area contributed by atoms with Crippen LogP contribution in [0, 0.1) is 5.82 Å². The van der Waals surface area contributed by atoms with Gasteiger partial charge in [0.15, 0.2) is 0 Å². The fourth-order valence-corrected chi connectivity index (χ4v) is 4.78. The number of fused-ring (bicyclic) bond motifs is 1. The molecule has 0 bridgehead atoms. The summed E-state index contributed by atoms with van der Waals surface area (Å²) < 4.78 is 16.6. The van der Waals surface area contributed by atoms with E-state index in [1.807, 2.05) is 0 Å². The quantitative estimate of drug-likeness (QED) is 0.292. The third-order valence-corrected chi connectivity index (χ3v) is 6.79. The Kier molecular flexibility index (Phi) is 6.40. The number of rotatable bonds is 7. The number of aromatic amines is 1. The smallest absolute Gasteiger partial charge is 0.335 e. The molecule has 0 aliphatic heterocycles. The fourth-order valence-electron chi connectivity index (χ4n) is 4.61. The minimum absolute atomic E-state index is 0.0991. The molecule has 2 N–H and O–H groups in total. The molecule has 40 heavy (non-hydrogen) atoms. The maximum Gasteiger partial charge on any atom is 0.335 e. The van der Waals surface area contributed by atoms with E-state index in [-0.39, 0.29) is 16.9 Å². The molecule has 12 heteroatoms. The summed E-state index contributed by atoms with van der Waals surface area (Å²) in [6.07, 6.45) is 3.42. The predicted octanol–water partition coefficient (Wildman–Crippen LogP) is 4.69. The molecular formula is C28H19ClFN7O3. The lowest BCUT2D eigenvalue weighted by Crippen LogP contribution is -2.27. The second-order valence-electron chi connectivity index (χ2n) is 9.08. The molecule has 198 valence electrons. The molecule has 0 amide bonds. The number of nitrogens with one attached hydrogen (secondary N) is 1. The zero-order valence-electron chi connectivity index (χ0n) is 20.6. The van der Waals surface area contributed by atoms with Gasteiger partial charge in [0.2, 0.25) is 0 Å². The van der Waals surface area contributed by atoms with Gasteiger partial charge in [-0.3, -0.25) is 4.79 Å². The van der Waals surface area contributed by atoms with E-state index in [9.17, 15) is 19.1 Å². The molecule has 3 heterocycles. The Morgan fingerprint density at radius 1 is 1.05 bits per heavy atom. The van der Waals surface area contributed by atoms with Gasteiger partial charge in [0, 0.05) is 29.3 Å². The molecule has 6 aromatic rings. The molecule has 0 saturated heterocycles. The van der Waals surface area contributed by atoms with E-state index >= 15 is 0 Å². The van der Waals surface area contributed by atoms with Gasteiger partial charge in [0.1, 0.15) is 18.0 Å². The van der Waals surface area contributed by atoms with E-state index < -0.39 is 12.0 Å². The van der Waals surface area contributed by atoms with Crippen LogP contribution in [0.5, 0.6) is 0 Å². The number of aromatic nitrogens is 7. The van der Waals surface area contributed by atoms with Crippen molar-refractivity contribution in [2.75, 3.05) is 0 Å². The Bertz CT molecular complexity index is 1920. The SMILES string of the molecule is O=C(O)c1ccc2[nH]c(C(Cc3ccc(F)cc3)n3ccc(-c4cc(Cl)ccc4-n4cnnn4)cc3=O)nc2c1. The first kappa shape index (κ1) is 25.1. The molecule has 0 aliphatic carbocycles. The summed E-state index contributed by atoms with van der Waals surface area (Å²) in [4.78, 5) is 32.9. The van der Waals surface area contributed by atoms with Gasteiger partial charge in [-0.25, -0.2) is 14.2 Å². The number of hydrogen-bond acceptors (Lipinski definition) is 6. The number of benzene rings is 3. The summed E-state index contributed by atoms with van der Waals surface area (Å²) in [5.41, 5.74) is 3.54. The Morgan fingerprint density at radius 2 is 1.88 bits per heavy atom. The predicted molar refractivity (Wildman–Crippen MR) is 145 cm³/mol. The van der Waals surface area contributed by atoms with Crippen molar-refractivity contribution in [3.05, 3.63) is 123 Å². The molecule has 0 aliphatic rings. The highest BCUT2D eigenvalue weighted by atomic mass is 35.5. The molecule has 3 aromatic heterocycles. The lowest BCUT2D eigenvalue weighted by Gasteiger charge is -2.19. The molecule has 1 atom stereocenters. The van der Waals surface area contributed by atoms with Gasteiger partial charge >= 0.3 is 5.97 Å². The van der Waals surface area contributed by atoms with Crippen molar-refractivity contribution < 1.29 is 14.3 Å². The lowest BCUT2D eigenvalue weighted by molar-refractivity contribution is 0.0697. The Hall–Kier alpha value is -5.16. The van der Waals surface area contributed by atoms with Crippen LogP contribution in [-0.4, -0.2) is 45.8 Å². The summed E-state index contributed by atoms with van der Waals surface area (Å²) >= 11 is 6.28. The van der Waals surface area contributed by atoms with Gasteiger partial charge in [0.25, 0.3) is 5.56 Å². The average molecular weight is 556 g/mol. The molecule has 3 aromatic carbocycles. The molecule has 0 radical (unpaired) electrons. The van der Waals surface area contributed by atoms with Gasteiger partial charge in [-0.1, -0.05) is 23.7 Å². The Balaban J connectivity index is 1.45. The van der Waals surface area contributed by atoms with Gasteiger partial charge in [-0.05, 0) is 76.2 Å². The van der Waals surface area contributed by atoms with Crippen LogP contribution in [0.1, 0.15) is 27.8 Å². The van der Waals surface area contributed by atoms with Crippen LogP contribution < -0.4 is 5.56 Å². The summed E-state index contributed by atoms with van der Waals surface area (Å²) in [5.74, 6) is -0.983. The van der Waals surface area contributed by atoms with Crippen LogP contribution >= 0.6 is 11.6 Å². The largest absolute Gasteiger partial charge is 0.478 e. The van der Waals surface area contributed by atoms with E-state index in [2.05, 4.69) is 25.5 Å². The summed E-state index contributed by atoms with van der Waals surface area (Å²) in [6.45, 7) is 0. The maximum atomic E-state index is 13.6. The van der Waals surface area contributed by atoms with Crippen molar-refractivity contribution in [2.45, 2.75) is 12.5 Å². The Morgan fingerprint density at radius 3 is 2.60 bits per heavy atom. The van der Waals surface area contributed by atoms with Crippen molar-refractivity contribution in [3.8, 4) is 16.8 Å². The second kappa shape index (κ2) is 10.2. The van der Waals surface area contributed by atoms with Crippen LogP contribution in [0.2, 0.25) is 5.02 Å². The van der Waals surface area contributed by atoms with Gasteiger partial charge in [-0.2, -0.15) is 4.68 Å². The van der Waals surface area contributed by atoms with Crippen molar-refractivity contribution in [3.63, 3.8) is 0 Å². The number of carbonyl (C=O) groups is 1. The van der Waals surface area contributed by atoms with Crippen molar-refractivity contribution in [1.82, 2.24) is 34.7 Å². The van der Waals surface area contributed by atoms with E-state index in [1.165, 1.54) is 45.9 Å². The number of carboxylic acids is 1. The molecule has 0 spiro atoms. The van der Waals surface area contributed by atoms with Crippen LogP contribution in [0.3, 0.4) is 0 Å². The maximum absolute atomic E-state index is 13.6. The number of halogens is 2. The number of tetrazole rings is 1. The highest BCUT2D eigenvalue weighted by Gasteiger charge is 2.21. The summed E-state index contributed by atoms with van der Waals surface area (Å²) in [7, 11) is 0. The van der Waals surface area contributed by atoms with E-state index in [0.29, 0.717) is 45.1 Å². The summed E-state index contributed by atoms with van der Waals surface area (Å²) in [5, 5.41) is 21.2. The number of hydrogen-bond donors (Lipinski definition) is 2. The zero-order chi connectivity index (χ0) is 27.8. The van der Waals surface area contributed by atoms with E-state index in [1.54, 1.807) is 48.7 Å². The zero-order valence-corrected chi connectivity index (χ0v) is 21.3. The average Bonchev–Trinajstić information content (AvgIpc) is 3.63. The number of pyridine rings is 1. The monoisotopic (exact) mass is 555 g/mol. The number of imidazole rings is 1. The van der Waals surface area contributed by atoms with Gasteiger partial charge < -0.3 is 14.7 Å². The molecule has 6 rings (SSSR count). The number of nitrogens with zero attached hydrogens (tertiary/aromatic N) is 6. The minimum Gasteiger partial charge on any atom is -0.478 e. The van der Waals surface area contributed by atoms with Crippen LogP contribution in [0.25, 0.3) is 27.8 Å². The van der Waals surface area contributed by atoms with Gasteiger partial charge in [-0.15, -0.1) is 5.10 Å². The highest BCUT2D eigenvalue weighted by molar-refractivity contribution is 6.31. The first-order valence-electron chi connectivity index (χ1n) is 12.1. The number of H-pyrrole nitrogens is 1. The van der Waals surface area contributed by atoms with Gasteiger partial charge in [0.05, 0.1) is 28.3 Å². The van der Waals surface area contributed by atoms with Crippen LogP contribution in [-0.2, 0) is 6.42 Å². The molecule has 10 nitrogen and oxygen atoms in total. The molecule has 0 fully saturated rings.